The first kappa shape index (κ1) is 36.8. The van der Waals surface area contributed by atoms with Crippen LogP contribution in [0, 0.1) is 12.8 Å². The average Bonchev–Trinajstić information content (AvgIpc) is 3.42. The van der Waals surface area contributed by atoms with Gasteiger partial charge in [-0.1, -0.05) is 55.5 Å². The number of carboxylic acid groups (broad SMARTS) is 1. The first-order valence-electron chi connectivity index (χ1n) is 17.0. The van der Waals surface area contributed by atoms with E-state index in [2.05, 4.69) is 20.6 Å². The van der Waals surface area contributed by atoms with Crippen molar-refractivity contribution in [3.63, 3.8) is 0 Å². The molecular weight excluding hydrogens is 692 g/mol. The normalized spacial score (nSPS) is 12.7. The number of methoxy groups -OCH3 is 1. The highest BCUT2D eigenvalue weighted by molar-refractivity contribution is 6.04. The van der Waals surface area contributed by atoms with Gasteiger partial charge in [-0.15, -0.1) is 0 Å². The van der Waals surface area contributed by atoms with Gasteiger partial charge in [0.05, 0.1) is 30.2 Å². The summed E-state index contributed by atoms with van der Waals surface area (Å²) in [6.45, 7) is 4.47. The summed E-state index contributed by atoms with van der Waals surface area (Å²) in [5.74, 6) is -1.06. The third-order valence-corrected chi connectivity index (χ3v) is 9.19. The highest BCUT2D eigenvalue weighted by Crippen LogP contribution is 2.31. The summed E-state index contributed by atoms with van der Waals surface area (Å²) < 4.78 is 19.5. The van der Waals surface area contributed by atoms with Crippen molar-refractivity contribution in [2.75, 3.05) is 12.4 Å². The van der Waals surface area contributed by atoms with Crippen LogP contribution in [0.15, 0.2) is 114 Å². The van der Waals surface area contributed by atoms with Crippen LogP contribution in [0.3, 0.4) is 0 Å². The van der Waals surface area contributed by atoms with Crippen molar-refractivity contribution in [1.82, 2.24) is 24.6 Å². The van der Waals surface area contributed by atoms with Crippen molar-refractivity contribution < 1.29 is 33.7 Å². The maximum atomic E-state index is 14.0. The molecule has 54 heavy (non-hydrogen) atoms. The largest absolute Gasteiger partial charge is 0.497 e. The van der Waals surface area contributed by atoms with Crippen molar-refractivity contribution in [3.05, 3.63) is 137 Å². The van der Waals surface area contributed by atoms with Gasteiger partial charge >= 0.3 is 12.1 Å². The van der Waals surface area contributed by atoms with Gasteiger partial charge in [-0.3, -0.25) is 19.3 Å². The number of hydrogen-bond acceptors (Lipinski definition) is 9. The number of pyridine rings is 2. The number of carbonyl (C=O) groups excluding carboxylic acids is 2. The van der Waals surface area contributed by atoms with Gasteiger partial charge in [0.1, 0.15) is 40.8 Å². The van der Waals surface area contributed by atoms with Gasteiger partial charge in [-0.05, 0) is 61.9 Å². The minimum absolute atomic E-state index is 0.0535. The molecule has 0 radical (unpaired) electrons. The predicted molar refractivity (Wildman–Crippen MR) is 200 cm³/mol. The van der Waals surface area contributed by atoms with Crippen molar-refractivity contribution >= 4 is 34.7 Å². The highest BCUT2D eigenvalue weighted by Gasteiger charge is 2.42. The molecule has 3 aromatic heterocycles. The Kier molecular flexibility index (Phi) is 10.7. The molecule has 0 bridgehead atoms. The fourth-order valence-electron chi connectivity index (χ4n) is 5.89. The highest BCUT2D eigenvalue weighted by atomic mass is 16.5. The van der Waals surface area contributed by atoms with Crippen LogP contribution in [-0.2, 0) is 22.7 Å². The maximum Gasteiger partial charge on any atom is 0.408 e. The zero-order valence-corrected chi connectivity index (χ0v) is 30.0. The Morgan fingerprint density at radius 1 is 0.926 bits per heavy atom. The molecule has 2 atom stereocenters. The number of ether oxygens (including phenoxy) is 3. The summed E-state index contributed by atoms with van der Waals surface area (Å²) in [7, 11) is 1.58. The number of fused-ring (bicyclic) bond motifs is 1. The average molecular weight is 731 g/mol. The molecule has 2 amide bonds. The van der Waals surface area contributed by atoms with Crippen LogP contribution in [0.5, 0.6) is 17.2 Å². The molecule has 0 fully saturated rings. The smallest absolute Gasteiger partial charge is 0.408 e. The Labute approximate surface area is 309 Å². The van der Waals surface area contributed by atoms with Gasteiger partial charge in [0.2, 0.25) is 0 Å². The lowest BCUT2D eigenvalue weighted by Crippen LogP contribution is -2.57. The quantitative estimate of drug-likeness (QED) is 0.121. The van der Waals surface area contributed by atoms with Crippen molar-refractivity contribution in [3.8, 4) is 22.9 Å². The lowest BCUT2D eigenvalue weighted by atomic mass is 9.87. The number of anilines is 1. The van der Waals surface area contributed by atoms with E-state index in [1.54, 1.807) is 112 Å². The van der Waals surface area contributed by atoms with Crippen LogP contribution in [0.2, 0.25) is 0 Å². The van der Waals surface area contributed by atoms with E-state index in [4.69, 9.17) is 14.2 Å². The first-order chi connectivity index (χ1) is 26.0. The van der Waals surface area contributed by atoms with E-state index in [-0.39, 0.29) is 30.2 Å². The van der Waals surface area contributed by atoms with Gasteiger partial charge in [-0.25, -0.2) is 19.3 Å². The van der Waals surface area contributed by atoms with Gasteiger partial charge < -0.3 is 30.0 Å². The number of amides is 2. The molecule has 0 spiro atoms. The molecule has 276 valence electrons. The Morgan fingerprint density at radius 2 is 1.63 bits per heavy atom. The summed E-state index contributed by atoms with van der Waals surface area (Å²) in [6, 6.07) is 28.0. The van der Waals surface area contributed by atoms with Gasteiger partial charge in [0.15, 0.2) is 0 Å². The zero-order valence-electron chi connectivity index (χ0n) is 30.0. The van der Waals surface area contributed by atoms with Gasteiger partial charge in [0.25, 0.3) is 11.5 Å². The molecule has 3 N–H and O–H groups in total. The molecular formula is C40H38N6O8. The van der Waals surface area contributed by atoms with E-state index in [1.165, 1.54) is 22.5 Å². The number of hydrogen-bond donors (Lipinski definition) is 3. The Morgan fingerprint density at radius 3 is 2.30 bits per heavy atom. The molecule has 6 aromatic rings. The van der Waals surface area contributed by atoms with Crippen molar-refractivity contribution in [1.29, 1.82) is 0 Å². The van der Waals surface area contributed by atoms with Gasteiger partial charge in [-0.2, -0.15) is 0 Å². The summed E-state index contributed by atoms with van der Waals surface area (Å²) >= 11 is 0. The van der Waals surface area contributed by atoms with Crippen LogP contribution in [-0.4, -0.2) is 55.1 Å². The number of nitrogens with zero attached hydrogens (tertiary/aromatic N) is 4. The third kappa shape index (κ3) is 7.77. The third-order valence-electron chi connectivity index (χ3n) is 9.19. The monoisotopic (exact) mass is 730 g/mol. The lowest BCUT2D eigenvalue weighted by molar-refractivity contribution is -0.146. The molecule has 0 aliphatic heterocycles. The number of para-hydroxylation sites is 1. The topological polar surface area (TPSA) is 176 Å². The van der Waals surface area contributed by atoms with Crippen LogP contribution < -0.4 is 25.7 Å². The van der Waals surface area contributed by atoms with Crippen molar-refractivity contribution in [2.45, 2.75) is 39.5 Å². The van der Waals surface area contributed by atoms with Gasteiger partial charge in [0, 0.05) is 30.1 Å². The first-order valence-corrected chi connectivity index (χ1v) is 17.0. The second-order valence-electron chi connectivity index (χ2n) is 12.7. The van der Waals surface area contributed by atoms with Crippen LogP contribution in [0.25, 0.3) is 16.6 Å². The van der Waals surface area contributed by atoms with E-state index < -0.39 is 35.0 Å². The van der Waals surface area contributed by atoms with E-state index >= 15 is 0 Å². The predicted octanol–water partition coefficient (Wildman–Crippen LogP) is 6.35. The molecule has 0 saturated carbocycles. The number of aromatic nitrogens is 4. The molecule has 14 nitrogen and oxygen atoms in total. The van der Waals surface area contributed by atoms with Crippen molar-refractivity contribution in [2.24, 2.45) is 5.92 Å². The van der Waals surface area contributed by atoms with E-state index in [0.717, 1.165) is 10.9 Å². The van der Waals surface area contributed by atoms with E-state index in [9.17, 15) is 24.3 Å². The molecule has 3 aromatic carbocycles. The zero-order chi connectivity index (χ0) is 38.4. The summed E-state index contributed by atoms with van der Waals surface area (Å²) in [6.07, 6.45) is 2.15. The summed E-state index contributed by atoms with van der Waals surface area (Å²) in [5, 5.41) is 16.3. The molecule has 3 heterocycles. The summed E-state index contributed by atoms with van der Waals surface area (Å²) in [5.41, 5.74) is -0.478. The Balaban J connectivity index is 1.23. The molecule has 6 rings (SSSR count). The van der Waals surface area contributed by atoms with E-state index in [0.29, 0.717) is 28.5 Å². The molecule has 14 heteroatoms. The fraction of sp³-hybridized carbons (Fsp3) is 0.200. The molecule has 0 aliphatic rings. The molecule has 0 aliphatic carbocycles. The summed E-state index contributed by atoms with van der Waals surface area (Å²) in [4.78, 5) is 62.0. The number of carboxylic acids is 1. The molecule has 0 saturated heterocycles. The molecule has 0 unspecified atom stereocenters. The minimum atomic E-state index is -1.83. The van der Waals surface area contributed by atoms with Crippen LogP contribution >= 0.6 is 0 Å². The van der Waals surface area contributed by atoms with E-state index in [1.807, 2.05) is 12.1 Å². The van der Waals surface area contributed by atoms with Crippen LogP contribution in [0.1, 0.15) is 35.5 Å². The Bertz CT molecular complexity index is 2360. The number of aliphatic carboxylic acids is 1. The second-order valence-corrected chi connectivity index (χ2v) is 12.7. The maximum absolute atomic E-state index is 14.0. The van der Waals surface area contributed by atoms with Crippen LogP contribution in [0.4, 0.5) is 10.6 Å². The second kappa shape index (κ2) is 15.7. The number of nitrogens with one attached hydrogen (secondary N) is 2. The lowest BCUT2D eigenvalue weighted by Gasteiger charge is -2.33. The SMILES string of the molecule is COc1ccc2c(Oc3ccc(NC(=O)c4c(C)n(C[C@@H](C)[C@](C)(NC(=O)OCc5ccccc5)C(=O)O)n(-c5ccccc5)c4=O)nc3)ccnc2c1. The fourth-order valence-corrected chi connectivity index (χ4v) is 5.89. The Hall–Kier alpha value is -6.96. The number of alkyl carbamates (subject to hydrolysis) is 1. The standard InChI is InChI=1S/C40H38N6O8/c1-25(40(3,38(49)50)44-39(51)53-24-27-11-7-5-8-12-27)23-45-26(2)35(37(48)46(45)28-13-9-6-10-14-28)36(47)43-34-18-16-30(22-42-34)54-33-19-20-41-32-21-29(52-4)15-17-31(32)33/h5-22,25H,23-24H2,1-4H3,(H,44,51)(H,49,50)(H,42,43,47)/t25-,40+/m1/s1. The number of carbonyl (C=O) groups is 3. The number of rotatable bonds is 13. The minimum Gasteiger partial charge on any atom is -0.497 e. The number of benzene rings is 3.